The van der Waals surface area contributed by atoms with E-state index in [0.29, 0.717) is 22.0 Å². The molecule has 0 saturated heterocycles. The topological polar surface area (TPSA) is 73.5 Å². The summed E-state index contributed by atoms with van der Waals surface area (Å²) in [4.78, 5) is 24.8. The van der Waals surface area contributed by atoms with Crippen molar-refractivity contribution in [3.63, 3.8) is 0 Å². The van der Waals surface area contributed by atoms with Gasteiger partial charge in [-0.3, -0.25) is 9.36 Å². The molecule has 6 nitrogen and oxygen atoms in total. The highest BCUT2D eigenvalue weighted by atomic mass is 35.5. The lowest BCUT2D eigenvalue weighted by atomic mass is 10.0. The van der Waals surface area contributed by atoms with E-state index < -0.39 is 5.76 Å². The molecule has 1 aromatic heterocycles. The molecule has 27 heavy (non-hydrogen) atoms. The number of rotatable bonds is 6. The summed E-state index contributed by atoms with van der Waals surface area (Å²) in [6.07, 6.45) is 2.14. The third-order valence-electron chi connectivity index (χ3n) is 4.82. The minimum absolute atomic E-state index is 0.0825. The lowest BCUT2D eigenvalue weighted by Crippen LogP contribution is -2.34. The molecule has 1 N–H and O–H groups in total. The monoisotopic (exact) mass is 386 g/mol. The van der Waals surface area contributed by atoms with Gasteiger partial charge >= 0.3 is 5.76 Å². The first-order valence-corrected chi connectivity index (χ1v) is 9.15. The zero-order valence-corrected chi connectivity index (χ0v) is 15.5. The van der Waals surface area contributed by atoms with Crippen LogP contribution in [-0.4, -0.2) is 17.6 Å². The second kappa shape index (κ2) is 7.12. The van der Waals surface area contributed by atoms with E-state index in [0.717, 1.165) is 24.2 Å². The van der Waals surface area contributed by atoms with Gasteiger partial charge < -0.3 is 14.5 Å². The molecule has 7 heteroatoms. The zero-order chi connectivity index (χ0) is 19.0. The summed E-state index contributed by atoms with van der Waals surface area (Å²) in [6, 6.07) is 12.5. The van der Waals surface area contributed by atoms with Crippen LogP contribution in [0.25, 0.3) is 11.1 Å². The van der Waals surface area contributed by atoms with Crippen LogP contribution >= 0.6 is 11.6 Å². The van der Waals surface area contributed by atoms with Crippen LogP contribution < -0.4 is 15.8 Å². The number of carbonyl (C=O) groups is 1. The number of nitrogens with zero attached hydrogens (tertiary/aromatic N) is 1. The standard InChI is InChI=1S/C20H19ClN2O4/c1-26-15-7-4-13(5-8-15)19(12-2-3-12)22-18(24)11-23-16-10-14(21)6-9-17(16)27-20(23)25/h4-10,12,19H,2-3,11H2,1H3,(H,22,24). The molecule has 1 amide bonds. The summed E-state index contributed by atoms with van der Waals surface area (Å²) in [5.74, 6) is 0.366. The van der Waals surface area contributed by atoms with E-state index in [-0.39, 0.29) is 18.5 Å². The van der Waals surface area contributed by atoms with Crippen LogP contribution in [0.5, 0.6) is 5.75 Å². The Labute approximate surface area is 160 Å². The predicted octanol–water partition coefficient (Wildman–Crippen LogP) is 3.52. The first-order valence-electron chi connectivity index (χ1n) is 8.77. The Balaban J connectivity index is 1.55. The molecule has 0 radical (unpaired) electrons. The molecule has 2 aromatic carbocycles. The molecular weight excluding hydrogens is 368 g/mol. The first-order chi connectivity index (χ1) is 13.0. The summed E-state index contributed by atoms with van der Waals surface area (Å²) in [5.41, 5.74) is 1.94. The Kier molecular flexibility index (Phi) is 4.66. The number of ether oxygens (including phenoxy) is 1. The number of benzene rings is 2. The minimum atomic E-state index is -0.574. The minimum Gasteiger partial charge on any atom is -0.497 e. The summed E-state index contributed by atoms with van der Waals surface area (Å²) in [7, 11) is 1.62. The second-order valence-corrected chi connectivity index (χ2v) is 7.16. The fourth-order valence-electron chi connectivity index (χ4n) is 3.26. The summed E-state index contributed by atoms with van der Waals surface area (Å²) in [6.45, 7) is -0.119. The van der Waals surface area contributed by atoms with Crippen molar-refractivity contribution in [2.24, 2.45) is 5.92 Å². The molecular formula is C20H19ClN2O4. The van der Waals surface area contributed by atoms with Crippen LogP contribution in [0.1, 0.15) is 24.4 Å². The predicted molar refractivity (Wildman–Crippen MR) is 102 cm³/mol. The van der Waals surface area contributed by atoms with Gasteiger partial charge in [-0.05, 0) is 54.7 Å². The average Bonchev–Trinajstić information content (AvgIpc) is 3.46. The highest BCUT2D eigenvalue weighted by Crippen LogP contribution is 2.41. The lowest BCUT2D eigenvalue weighted by molar-refractivity contribution is -0.122. The Hall–Kier alpha value is -2.73. The summed E-state index contributed by atoms with van der Waals surface area (Å²) < 4.78 is 11.7. The van der Waals surface area contributed by atoms with Gasteiger partial charge in [-0.15, -0.1) is 0 Å². The van der Waals surface area contributed by atoms with Crippen LogP contribution in [0.2, 0.25) is 5.02 Å². The number of fused-ring (bicyclic) bond motifs is 1. The van der Waals surface area contributed by atoms with E-state index in [2.05, 4.69) is 5.32 Å². The SMILES string of the molecule is COc1ccc(C(NC(=O)Cn2c(=O)oc3ccc(Cl)cc32)C2CC2)cc1. The Morgan fingerprint density at radius 1 is 1.30 bits per heavy atom. The van der Waals surface area contributed by atoms with Crippen molar-refractivity contribution in [1.82, 2.24) is 9.88 Å². The van der Waals surface area contributed by atoms with Crippen molar-refractivity contribution in [2.45, 2.75) is 25.4 Å². The number of hydrogen-bond donors (Lipinski definition) is 1. The van der Waals surface area contributed by atoms with Gasteiger partial charge in [0.15, 0.2) is 5.58 Å². The molecule has 1 unspecified atom stereocenters. The molecule has 0 spiro atoms. The fourth-order valence-corrected chi connectivity index (χ4v) is 3.43. The van der Waals surface area contributed by atoms with E-state index in [4.69, 9.17) is 20.8 Å². The maximum atomic E-state index is 12.7. The van der Waals surface area contributed by atoms with Gasteiger partial charge in [0.05, 0.1) is 18.7 Å². The van der Waals surface area contributed by atoms with Crippen LogP contribution in [-0.2, 0) is 11.3 Å². The smallest absolute Gasteiger partial charge is 0.420 e. The van der Waals surface area contributed by atoms with E-state index in [1.807, 2.05) is 24.3 Å². The number of amides is 1. The van der Waals surface area contributed by atoms with Gasteiger partial charge in [0, 0.05) is 5.02 Å². The third kappa shape index (κ3) is 3.71. The molecule has 1 aliphatic carbocycles. The normalized spacial score (nSPS) is 14.9. The Morgan fingerprint density at radius 3 is 2.70 bits per heavy atom. The van der Waals surface area contributed by atoms with Crippen molar-refractivity contribution in [1.29, 1.82) is 0 Å². The molecule has 0 aliphatic heterocycles. The molecule has 1 atom stereocenters. The molecule has 1 fully saturated rings. The number of methoxy groups -OCH3 is 1. The second-order valence-electron chi connectivity index (χ2n) is 6.72. The van der Waals surface area contributed by atoms with E-state index in [1.165, 1.54) is 4.57 Å². The molecule has 1 heterocycles. The molecule has 140 valence electrons. The number of carbonyl (C=O) groups excluding carboxylic acids is 1. The number of hydrogen-bond acceptors (Lipinski definition) is 4. The lowest BCUT2D eigenvalue weighted by Gasteiger charge is -2.19. The van der Waals surface area contributed by atoms with Crippen LogP contribution in [0.15, 0.2) is 51.7 Å². The first kappa shape index (κ1) is 17.7. The van der Waals surface area contributed by atoms with E-state index in [1.54, 1.807) is 25.3 Å². The van der Waals surface area contributed by atoms with Gasteiger partial charge in [0.25, 0.3) is 0 Å². The fraction of sp³-hybridized carbons (Fsp3) is 0.300. The Bertz CT molecular complexity index is 1030. The number of aromatic nitrogens is 1. The highest BCUT2D eigenvalue weighted by molar-refractivity contribution is 6.31. The van der Waals surface area contributed by atoms with Gasteiger partial charge in [-0.1, -0.05) is 23.7 Å². The quantitative estimate of drug-likeness (QED) is 0.703. The molecule has 1 aliphatic rings. The maximum absolute atomic E-state index is 12.7. The molecule has 4 rings (SSSR count). The van der Waals surface area contributed by atoms with Crippen molar-refractivity contribution in [3.8, 4) is 5.75 Å². The van der Waals surface area contributed by atoms with Crippen molar-refractivity contribution in [2.75, 3.05) is 7.11 Å². The Morgan fingerprint density at radius 2 is 2.04 bits per heavy atom. The van der Waals surface area contributed by atoms with Crippen molar-refractivity contribution < 1.29 is 13.9 Å². The maximum Gasteiger partial charge on any atom is 0.420 e. The molecule has 3 aromatic rings. The summed E-state index contributed by atoms with van der Waals surface area (Å²) in [5, 5.41) is 3.54. The number of halogens is 1. The molecule has 0 bridgehead atoms. The highest BCUT2D eigenvalue weighted by Gasteiger charge is 2.33. The number of nitrogens with one attached hydrogen (secondary N) is 1. The molecule has 1 saturated carbocycles. The van der Waals surface area contributed by atoms with Crippen LogP contribution in [0, 0.1) is 5.92 Å². The van der Waals surface area contributed by atoms with Crippen LogP contribution in [0.4, 0.5) is 0 Å². The number of oxazole rings is 1. The zero-order valence-electron chi connectivity index (χ0n) is 14.8. The van der Waals surface area contributed by atoms with Crippen molar-refractivity contribution in [3.05, 3.63) is 63.6 Å². The van der Waals surface area contributed by atoms with Gasteiger partial charge in [0.1, 0.15) is 12.3 Å². The van der Waals surface area contributed by atoms with Gasteiger partial charge in [-0.2, -0.15) is 0 Å². The van der Waals surface area contributed by atoms with Gasteiger partial charge in [0.2, 0.25) is 5.91 Å². The average molecular weight is 387 g/mol. The van der Waals surface area contributed by atoms with Crippen LogP contribution in [0.3, 0.4) is 0 Å². The van der Waals surface area contributed by atoms with E-state index in [9.17, 15) is 9.59 Å². The van der Waals surface area contributed by atoms with E-state index >= 15 is 0 Å². The van der Waals surface area contributed by atoms with Gasteiger partial charge in [-0.25, -0.2) is 4.79 Å². The van der Waals surface area contributed by atoms with Crippen molar-refractivity contribution >= 4 is 28.6 Å². The largest absolute Gasteiger partial charge is 0.497 e. The summed E-state index contributed by atoms with van der Waals surface area (Å²) >= 11 is 6.01. The third-order valence-corrected chi connectivity index (χ3v) is 5.05.